The molecule has 0 fully saturated rings. The molecular formula is C2H9N3O2. The zero-order chi connectivity index (χ0) is 6.28. The van der Waals surface area contributed by atoms with Gasteiger partial charge in [-0.1, -0.05) is 0 Å². The maximum atomic E-state index is 9.00. The number of carbonyl (C=O) groups is 1. The molecule has 5 heteroatoms. The van der Waals surface area contributed by atoms with Crippen molar-refractivity contribution in [3.63, 3.8) is 0 Å². The number of hydrogen-bond donors (Lipinski definition) is 3. The van der Waals surface area contributed by atoms with Gasteiger partial charge in [0, 0.05) is 0 Å². The van der Waals surface area contributed by atoms with Gasteiger partial charge in [-0.3, -0.25) is 0 Å². The van der Waals surface area contributed by atoms with Crippen LogP contribution in [0.2, 0.25) is 0 Å². The van der Waals surface area contributed by atoms with Crippen molar-refractivity contribution in [2.24, 2.45) is 17.4 Å². The number of primary amides is 2. The standard InChI is InChI=1S/CH4N2O.CH5NO/c2-1(3)4;1-3-2/h(H4,2,3,4);2H2,1H3. The summed E-state index contributed by atoms with van der Waals surface area (Å²) in [5.41, 5.74) is 8.50. The van der Waals surface area contributed by atoms with E-state index in [-0.39, 0.29) is 0 Å². The number of amides is 2. The van der Waals surface area contributed by atoms with Crippen molar-refractivity contribution in [2.45, 2.75) is 0 Å². The molecule has 5 nitrogen and oxygen atoms in total. The van der Waals surface area contributed by atoms with Gasteiger partial charge in [0.2, 0.25) is 0 Å². The zero-order valence-electron chi connectivity index (χ0n) is 4.05. The molecule has 44 valence electrons. The van der Waals surface area contributed by atoms with Crippen molar-refractivity contribution in [1.29, 1.82) is 0 Å². The van der Waals surface area contributed by atoms with Crippen LogP contribution >= 0.6 is 0 Å². The quantitative estimate of drug-likeness (QED) is 0.329. The topological polar surface area (TPSA) is 104 Å². The molecule has 0 aromatic rings. The molecule has 0 bridgehead atoms. The first-order valence-electron chi connectivity index (χ1n) is 1.43. The Hall–Kier alpha value is -0.810. The molecule has 0 aliphatic carbocycles. The molecule has 0 saturated heterocycles. The van der Waals surface area contributed by atoms with E-state index in [0.717, 1.165) is 0 Å². The fraction of sp³-hybridized carbons (Fsp3) is 0.500. The van der Waals surface area contributed by atoms with Crippen molar-refractivity contribution >= 4 is 6.03 Å². The molecule has 0 radical (unpaired) electrons. The van der Waals surface area contributed by atoms with Crippen LogP contribution in [0.15, 0.2) is 0 Å². The summed E-state index contributed by atoms with van der Waals surface area (Å²) in [5, 5.41) is 0. The minimum atomic E-state index is -0.833. The van der Waals surface area contributed by atoms with Gasteiger partial charge in [-0.15, -0.1) is 0 Å². The minimum absolute atomic E-state index is 0.833. The Morgan fingerprint density at radius 1 is 1.57 bits per heavy atom. The summed E-state index contributed by atoms with van der Waals surface area (Å²) in [6.07, 6.45) is 0. The fourth-order valence-electron chi connectivity index (χ4n) is 0. The Bertz CT molecular complexity index is 42.2. The van der Waals surface area contributed by atoms with Crippen LogP contribution in [-0.2, 0) is 4.84 Å². The molecule has 0 atom stereocenters. The maximum Gasteiger partial charge on any atom is 0.309 e. The zero-order valence-corrected chi connectivity index (χ0v) is 4.05. The van der Waals surface area contributed by atoms with Gasteiger partial charge in [0.05, 0.1) is 7.11 Å². The van der Waals surface area contributed by atoms with Crippen LogP contribution in [0.4, 0.5) is 4.79 Å². The highest BCUT2D eigenvalue weighted by Gasteiger charge is 1.60. The first-order chi connectivity index (χ1) is 3.15. The summed E-state index contributed by atoms with van der Waals surface area (Å²) in [4.78, 5) is 12.8. The van der Waals surface area contributed by atoms with E-state index in [4.69, 9.17) is 4.79 Å². The van der Waals surface area contributed by atoms with Crippen LogP contribution in [0.5, 0.6) is 0 Å². The lowest BCUT2D eigenvalue weighted by Crippen LogP contribution is -2.18. The van der Waals surface area contributed by atoms with E-state index in [0.29, 0.717) is 0 Å². The average molecular weight is 107 g/mol. The van der Waals surface area contributed by atoms with Gasteiger partial charge in [0.1, 0.15) is 0 Å². The number of hydrogen-bond acceptors (Lipinski definition) is 3. The van der Waals surface area contributed by atoms with E-state index in [2.05, 4.69) is 22.2 Å². The van der Waals surface area contributed by atoms with Gasteiger partial charge >= 0.3 is 6.03 Å². The SMILES string of the molecule is CON.NC(N)=O. The molecule has 0 aliphatic heterocycles. The number of urea groups is 1. The van der Waals surface area contributed by atoms with Gasteiger partial charge in [-0.2, -0.15) is 0 Å². The van der Waals surface area contributed by atoms with Crippen LogP contribution < -0.4 is 17.4 Å². The Kier molecular flexibility index (Phi) is 12.1. The molecule has 0 aliphatic rings. The number of carbonyl (C=O) groups excluding carboxylic acids is 1. The highest BCUT2D eigenvalue weighted by molar-refractivity contribution is 5.69. The van der Waals surface area contributed by atoms with Crippen LogP contribution in [0.3, 0.4) is 0 Å². The first-order valence-corrected chi connectivity index (χ1v) is 1.43. The van der Waals surface area contributed by atoms with Crippen molar-refractivity contribution in [2.75, 3.05) is 7.11 Å². The largest absolute Gasteiger partial charge is 0.352 e. The smallest absolute Gasteiger partial charge is 0.309 e. The molecule has 0 unspecified atom stereocenters. The summed E-state index contributed by atoms with van der Waals surface area (Å²) in [7, 11) is 1.40. The van der Waals surface area contributed by atoms with Gasteiger partial charge in [0.15, 0.2) is 0 Å². The Morgan fingerprint density at radius 2 is 1.57 bits per heavy atom. The third-order valence-corrected chi connectivity index (χ3v) is 0. The number of rotatable bonds is 0. The summed E-state index contributed by atoms with van der Waals surface area (Å²) in [5.74, 6) is 4.35. The molecule has 0 heterocycles. The molecule has 0 rings (SSSR count). The second kappa shape index (κ2) is 8.95. The van der Waals surface area contributed by atoms with Gasteiger partial charge in [-0.05, 0) is 0 Å². The normalized spacial score (nSPS) is 6.00. The molecule has 6 N–H and O–H groups in total. The highest BCUT2D eigenvalue weighted by Crippen LogP contribution is 1.25. The van der Waals surface area contributed by atoms with Crippen molar-refractivity contribution in [3.8, 4) is 0 Å². The Balaban J connectivity index is 0. The second-order valence-electron chi connectivity index (χ2n) is 0.638. The van der Waals surface area contributed by atoms with Crippen molar-refractivity contribution in [3.05, 3.63) is 0 Å². The third-order valence-electron chi connectivity index (χ3n) is 0. The number of nitrogens with two attached hydrogens (primary N) is 3. The maximum absolute atomic E-state index is 9.00. The van der Waals surface area contributed by atoms with Crippen LogP contribution in [-0.4, -0.2) is 13.1 Å². The van der Waals surface area contributed by atoms with E-state index in [9.17, 15) is 0 Å². The van der Waals surface area contributed by atoms with E-state index < -0.39 is 6.03 Å². The predicted molar refractivity (Wildman–Crippen MR) is 25.0 cm³/mol. The lowest BCUT2D eigenvalue weighted by atomic mass is 11.2. The molecule has 0 aromatic heterocycles. The minimum Gasteiger partial charge on any atom is -0.352 e. The third kappa shape index (κ3) is 80.5. The van der Waals surface area contributed by atoms with Gasteiger partial charge in [-0.25, -0.2) is 10.7 Å². The average Bonchev–Trinajstić information content (AvgIpc) is 1.33. The second-order valence-corrected chi connectivity index (χ2v) is 0.638. The molecule has 7 heavy (non-hydrogen) atoms. The van der Waals surface area contributed by atoms with E-state index in [1.54, 1.807) is 0 Å². The molecule has 0 saturated carbocycles. The van der Waals surface area contributed by atoms with Crippen LogP contribution in [0.25, 0.3) is 0 Å². The lowest BCUT2D eigenvalue weighted by Gasteiger charge is -1.62. The van der Waals surface area contributed by atoms with E-state index >= 15 is 0 Å². The fourth-order valence-corrected chi connectivity index (χ4v) is 0. The molecule has 0 spiro atoms. The first kappa shape index (κ1) is 9.50. The van der Waals surface area contributed by atoms with E-state index in [1.807, 2.05) is 0 Å². The van der Waals surface area contributed by atoms with Gasteiger partial charge < -0.3 is 16.3 Å². The molecule has 0 aromatic carbocycles. The predicted octanol–water partition coefficient (Wildman–Crippen LogP) is -1.47. The highest BCUT2D eigenvalue weighted by atomic mass is 16.6. The molecular weight excluding hydrogens is 98.0 g/mol. The van der Waals surface area contributed by atoms with Crippen LogP contribution in [0.1, 0.15) is 0 Å². The van der Waals surface area contributed by atoms with Gasteiger partial charge in [0.25, 0.3) is 0 Å². The van der Waals surface area contributed by atoms with Crippen LogP contribution in [0, 0.1) is 0 Å². The summed E-state index contributed by atoms with van der Waals surface area (Å²) in [6.45, 7) is 0. The molecule has 2 amide bonds. The van der Waals surface area contributed by atoms with E-state index in [1.165, 1.54) is 7.11 Å². The monoisotopic (exact) mass is 107 g/mol. The lowest BCUT2D eigenvalue weighted by molar-refractivity contribution is 0.206. The van der Waals surface area contributed by atoms with Crippen molar-refractivity contribution in [1.82, 2.24) is 0 Å². The Morgan fingerprint density at radius 3 is 1.57 bits per heavy atom. The van der Waals surface area contributed by atoms with Crippen molar-refractivity contribution < 1.29 is 9.63 Å². The summed E-state index contributed by atoms with van der Waals surface area (Å²) >= 11 is 0. The summed E-state index contributed by atoms with van der Waals surface area (Å²) < 4.78 is 0. The summed E-state index contributed by atoms with van der Waals surface area (Å²) in [6, 6.07) is -0.833. The Labute approximate surface area is 41.4 Å².